The third kappa shape index (κ3) is 4.75. The zero-order chi connectivity index (χ0) is 18.6. The number of halogens is 2. The van der Waals surface area contributed by atoms with E-state index in [1.54, 1.807) is 48.4 Å². The SMILES string of the molecule is O=S(=O)(Nc1ccc(SCc2cccnc2)cc1)c1ccc(Cl)cc1F. The number of nitrogens with zero attached hydrogens (tertiary/aromatic N) is 1. The zero-order valence-corrected chi connectivity index (χ0v) is 15.8. The lowest BCUT2D eigenvalue weighted by Crippen LogP contribution is -2.14. The van der Waals surface area contributed by atoms with E-state index in [-0.39, 0.29) is 5.02 Å². The van der Waals surface area contributed by atoms with Crippen LogP contribution in [-0.2, 0) is 15.8 Å². The Kier molecular flexibility index (Phi) is 5.80. The lowest BCUT2D eigenvalue weighted by molar-refractivity contribution is 0.570. The van der Waals surface area contributed by atoms with Gasteiger partial charge in [-0.3, -0.25) is 9.71 Å². The second-order valence-electron chi connectivity index (χ2n) is 5.35. The van der Waals surface area contributed by atoms with Gasteiger partial charge in [0.1, 0.15) is 10.7 Å². The van der Waals surface area contributed by atoms with E-state index in [1.165, 1.54) is 6.07 Å². The number of nitrogens with one attached hydrogen (secondary N) is 1. The van der Waals surface area contributed by atoms with E-state index < -0.39 is 20.7 Å². The highest BCUT2D eigenvalue weighted by atomic mass is 35.5. The molecule has 3 rings (SSSR count). The third-order valence-corrected chi connectivity index (χ3v) is 6.15. The summed E-state index contributed by atoms with van der Waals surface area (Å²) in [5.74, 6) is -0.136. The monoisotopic (exact) mass is 408 g/mol. The quantitative estimate of drug-likeness (QED) is 0.585. The largest absolute Gasteiger partial charge is 0.280 e. The van der Waals surface area contributed by atoms with Crippen LogP contribution < -0.4 is 4.72 Å². The maximum Gasteiger partial charge on any atom is 0.264 e. The maximum absolute atomic E-state index is 13.9. The molecular formula is C18H14ClFN2O2S2. The highest BCUT2D eigenvalue weighted by Gasteiger charge is 2.19. The first-order chi connectivity index (χ1) is 12.4. The normalized spacial score (nSPS) is 11.3. The van der Waals surface area contributed by atoms with Gasteiger partial charge in [-0.05, 0) is 54.1 Å². The van der Waals surface area contributed by atoms with E-state index in [1.807, 2.05) is 12.1 Å². The number of thioether (sulfide) groups is 1. The summed E-state index contributed by atoms with van der Waals surface area (Å²) in [4.78, 5) is 4.60. The Morgan fingerprint density at radius 2 is 1.88 bits per heavy atom. The topological polar surface area (TPSA) is 59.1 Å². The summed E-state index contributed by atoms with van der Waals surface area (Å²) in [6, 6.07) is 14.2. The molecule has 0 spiro atoms. The molecule has 0 bridgehead atoms. The molecule has 0 atom stereocenters. The van der Waals surface area contributed by atoms with Crippen LogP contribution in [0.3, 0.4) is 0 Å². The van der Waals surface area contributed by atoms with Gasteiger partial charge >= 0.3 is 0 Å². The molecule has 0 fully saturated rings. The summed E-state index contributed by atoms with van der Waals surface area (Å²) in [7, 11) is -4.03. The van der Waals surface area contributed by atoms with E-state index in [0.717, 1.165) is 28.3 Å². The average molecular weight is 409 g/mol. The Hall–Kier alpha value is -2.09. The molecule has 0 unspecified atom stereocenters. The number of benzene rings is 2. The van der Waals surface area contributed by atoms with Gasteiger partial charge in [0, 0.05) is 33.8 Å². The number of aromatic nitrogens is 1. The Morgan fingerprint density at radius 1 is 1.12 bits per heavy atom. The van der Waals surface area contributed by atoms with Crippen molar-refractivity contribution in [1.29, 1.82) is 0 Å². The van der Waals surface area contributed by atoms with Crippen LogP contribution in [0.2, 0.25) is 5.02 Å². The zero-order valence-electron chi connectivity index (χ0n) is 13.4. The van der Waals surface area contributed by atoms with Crippen molar-refractivity contribution < 1.29 is 12.8 Å². The molecule has 0 saturated carbocycles. The highest BCUT2D eigenvalue weighted by molar-refractivity contribution is 7.98. The molecule has 0 saturated heterocycles. The molecule has 26 heavy (non-hydrogen) atoms. The van der Waals surface area contributed by atoms with Crippen LogP contribution in [0.1, 0.15) is 5.56 Å². The summed E-state index contributed by atoms with van der Waals surface area (Å²) >= 11 is 7.27. The molecular weight excluding hydrogens is 395 g/mol. The highest BCUT2D eigenvalue weighted by Crippen LogP contribution is 2.26. The van der Waals surface area contributed by atoms with Crippen molar-refractivity contribution in [2.24, 2.45) is 0 Å². The van der Waals surface area contributed by atoms with Crippen LogP contribution in [0, 0.1) is 5.82 Å². The minimum Gasteiger partial charge on any atom is -0.280 e. The van der Waals surface area contributed by atoms with Crippen molar-refractivity contribution in [1.82, 2.24) is 4.98 Å². The van der Waals surface area contributed by atoms with Crippen molar-refractivity contribution in [3.63, 3.8) is 0 Å². The predicted molar refractivity (Wildman–Crippen MR) is 102 cm³/mol. The second kappa shape index (κ2) is 8.07. The van der Waals surface area contributed by atoms with Gasteiger partial charge in [-0.1, -0.05) is 17.7 Å². The number of hydrogen-bond donors (Lipinski definition) is 1. The van der Waals surface area contributed by atoms with E-state index >= 15 is 0 Å². The van der Waals surface area contributed by atoms with Crippen molar-refractivity contribution >= 4 is 39.1 Å². The lowest BCUT2D eigenvalue weighted by atomic mass is 10.3. The van der Waals surface area contributed by atoms with Gasteiger partial charge in [0.05, 0.1) is 0 Å². The predicted octanol–water partition coefficient (Wildman–Crippen LogP) is 4.97. The molecule has 3 aromatic rings. The lowest BCUT2D eigenvalue weighted by Gasteiger charge is -2.10. The standard InChI is InChI=1S/C18H14ClFN2O2S2/c19-14-3-8-18(17(20)10-14)26(23,24)22-15-4-6-16(7-5-15)25-12-13-2-1-9-21-11-13/h1-11,22H,12H2. The first-order valence-electron chi connectivity index (χ1n) is 7.54. The minimum atomic E-state index is -4.03. The molecule has 4 nitrogen and oxygen atoms in total. The average Bonchev–Trinajstić information content (AvgIpc) is 2.61. The summed E-state index contributed by atoms with van der Waals surface area (Å²) in [5, 5.41) is 0.136. The van der Waals surface area contributed by atoms with Crippen LogP contribution in [-0.4, -0.2) is 13.4 Å². The first kappa shape index (κ1) is 18.7. The number of anilines is 1. The molecule has 134 valence electrons. The number of pyridine rings is 1. The summed E-state index contributed by atoms with van der Waals surface area (Å²) < 4.78 is 40.9. The Morgan fingerprint density at radius 3 is 2.54 bits per heavy atom. The molecule has 0 aliphatic heterocycles. The van der Waals surface area contributed by atoms with Crippen molar-refractivity contribution in [3.8, 4) is 0 Å². The van der Waals surface area contributed by atoms with Gasteiger partial charge in [-0.15, -0.1) is 11.8 Å². The van der Waals surface area contributed by atoms with Crippen molar-refractivity contribution in [2.75, 3.05) is 4.72 Å². The van der Waals surface area contributed by atoms with Crippen LogP contribution in [0.15, 0.2) is 76.8 Å². The van der Waals surface area contributed by atoms with Gasteiger partial charge in [0.2, 0.25) is 0 Å². The number of hydrogen-bond acceptors (Lipinski definition) is 4. The fourth-order valence-corrected chi connectivity index (χ4v) is 4.28. The Bertz CT molecular complexity index is 997. The molecule has 1 aromatic heterocycles. The molecule has 0 radical (unpaired) electrons. The second-order valence-corrected chi connectivity index (χ2v) is 8.49. The Labute approximate surface area is 160 Å². The molecule has 0 amide bonds. The molecule has 1 heterocycles. The smallest absolute Gasteiger partial charge is 0.264 e. The van der Waals surface area contributed by atoms with Crippen molar-refractivity contribution in [2.45, 2.75) is 15.5 Å². The molecule has 0 aliphatic rings. The molecule has 0 aliphatic carbocycles. The number of sulfonamides is 1. The maximum atomic E-state index is 13.9. The third-order valence-electron chi connectivity index (χ3n) is 3.42. The number of rotatable bonds is 6. The van der Waals surface area contributed by atoms with Gasteiger partial charge in [0.15, 0.2) is 0 Å². The van der Waals surface area contributed by atoms with Gasteiger partial charge in [-0.2, -0.15) is 0 Å². The van der Waals surface area contributed by atoms with Gasteiger partial charge < -0.3 is 0 Å². The van der Waals surface area contributed by atoms with Crippen LogP contribution in [0.4, 0.5) is 10.1 Å². The van der Waals surface area contributed by atoms with Gasteiger partial charge in [-0.25, -0.2) is 12.8 Å². The van der Waals surface area contributed by atoms with E-state index in [4.69, 9.17) is 11.6 Å². The van der Waals surface area contributed by atoms with Gasteiger partial charge in [0.25, 0.3) is 10.0 Å². The fraction of sp³-hybridized carbons (Fsp3) is 0.0556. The summed E-state index contributed by atoms with van der Waals surface area (Å²) in [5.41, 5.74) is 1.45. The van der Waals surface area contributed by atoms with Crippen LogP contribution >= 0.6 is 23.4 Å². The first-order valence-corrected chi connectivity index (χ1v) is 10.4. The molecule has 8 heteroatoms. The Balaban J connectivity index is 1.68. The van der Waals surface area contributed by atoms with Crippen LogP contribution in [0.5, 0.6) is 0 Å². The van der Waals surface area contributed by atoms with Crippen LogP contribution in [0.25, 0.3) is 0 Å². The van der Waals surface area contributed by atoms with E-state index in [0.29, 0.717) is 5.69 Å². The van der Waals surface area contributed by atoms with E-state index in [2.05, 4.69) is 9.71 Å². The fourth-order valence-electron chi connectivity index (χ4n) is 2.17. The van der Waals surface area contributed by atoms with Crippen molar-refractivity contribution in [3.05, 3.63) is 83.4 Å². The molecule has 2 aromatic carbocycles. The minimum absolute atomic E-state index is 0.136. The molecule has 1 N–H and O–H groups in total. The summed E-state index contributed by atoms with van der Waals surface area (Å²) in [6.45, 7) is 0. The summed E-state index contributed by atoms with van der Waals surface area (Å²) in [6.07, 6.45) is 3.52. The van der Waals surface area contributed by atoms with E-state index in [9.17, 15) is 12.8 Å².